The number of nitro benzene ring substituents is 1. The van der Waals surface area contributed by atoms with Gasteiger partial charge in [-0.15, -0.1) is 0 Å². The zero-order valence-electron chi connectivity index (χ0n) is 9.78. The number of rotatable bonds is 3. The van der Waals surface area contributed by atoms with Crippen LogP contribution < -0.4 is 0 Å². The molecule has 0 radical (unpaired) electrons. The molecule has 0 aromatic heterocycles. The van der Waals surface area contributed by atoms with E-state index >= 15 is 0 Å². The first kappa shape index (κ1) is 13.8. The van der Waals surface area contributed by atoms with Gasteiger partial charge in [0.1, 0.15) is 5.82 Å². The van der Waals surface area contributed by atoms with Gasteiger partial charge in [0.05, 0.1) is 17.6 Å². The molecular formula is C10H11FN2O5S. The van der Waals surface area contributed by atoms with Crippen molar-refractivity contribution in [3.8, 4) is 0 Å². The number of hydrogen-bond acceptors (Lipinski definition) is 5. The van der Waals surface area contributed by atoms with Gasteiger partial charge in [-0.1, -0.05) is 4.47 Å². The summed E-state index contributed by atoms with van der Waals surface area (Å²) in [5.41, 5.74) is -0.797. The Balaban J connectivity index is 2.48. The Morgan fingerprint density at radius 3 is 2.68 bits per heavy atom. The second-order valence-corrected chi connectivity index (χ2v) is 5.74. The van der Waals surface area contributed by atoms with E-state index in [1.807, 2.05) is 0 Å². The molecular weight excluding hydrogens is 279 g/mol. The summed E-state index contributed by atoms with van der Waals surface area (Å²) in [7, 11) is -4.15. The Morgan fingerprint density at radius 1 is 1.37 bits per heavy atom. The van der Waals surface area contributed by atoms with Crippen LogP contribution in [0.5, 0.6) is 0 Å². The Kier molecular flexibility index (Phi) is 3.78. The first-order valence-electron chi connectivity index (χ1n) is 5.52. The van der Waals surface area contributed by atoms with Crippen LogP contribution in [0.3, 0.4) is 0 Å². The topological polar surface area (TPSA) is 89.8 Å². The largest absolute Gasteiger partial charge is 0.292 e. The first-order valence-corrected chi connectivity index (χ1v) is 6.96. The van der Waals surface area contributed by atoms with Crippen LogP contribution in [0, 0.1) is 15.9 Å². The van der Waals surface area contributed by atoms with Crippen LogP contribution in [0.4, 0.5) is 10.1 Å². The molecule has 7 nitrogen and oxygen atoms in total. The molecule has 1 heterocycles. The Morgan fingerprint density at radius 2 is 2.11 bits per heavy atom. The molecule has 1 fully saturated rings. The van der Waals surface area contributed by atoms with E-state index in [-0.39, 0.29) is 13.2 Å². The van der Waals surface area contributed by atoms with Crippen molar-refractivity contribution in [1.82, 2.24) is 4.47 Å². The van der Waals surface area contributed by atoms with Crippen molar-refractivity contribution in [3.63, 3.8) is 0 Å². The highest BCUT2D eigenvalue weighted by atomic mass is 32.2. The summed E-state index contributed by atoms with van der Waals surface area (Å²) in [5, 5.41) is 10.8. The van der Waals surface area contributed by atoms with Crippen LogP contribution >= 0.6 is 0 Å². The molecule has 1 saturated heterocycles. The zero-order chi connectivity index (χ0) is 14.0. The lowest BCUT2D eigenvalue weighted by atomic mass is 10.3. The third kappa shape index (κ3) is 2.72. The number of nitrogens with zero attached hydrogens (tertiary/aromatic N) is 2. The number of halogens is 1. The molecule has 19 heavy (non-hydrogen) atoms. The lowest BCUT2D eigenvalue weighted by Crippen LogP contribution is -2.36. The van der Waals surface area contributed by atoms with E-state index in [1.165, 1.54) is 0 Å². The predicted molar refractivity (Wildman–Crippen MR) is 62.1 cm³/mol. The Bertz CT molecular complexity index is 598. The highest BCUT2D eigenvalue weighted by Crippen LogP contribution is 2.28. The summed E-state index contributed by atoms with van der Waals surface area (Å²) in [6, 6.07) is 2.32. The van der Waals surface area contributed by atoms with E-state index in [0.29, 0.717) is 12.5 Å². The van der Waals surface area contributed by atoms with Crippen molar-refractivity contribution >= 4 is 15.7 Å². The van der Waals surface area contributed by atoms with Gasteiger partial charge in [-0.25, -0.2) is 12.8 Å². The summed E-state index contributed by atoms with van der Waals surface area (Å²) < 4.78 is 38.1. The molecule has 9 heteroatoms. The minimum Gasteiger partial charge on any atom is -0.284 e. The maximum atomic E-state index is 13.0. The van der Waals surface area contributed by atoms with Crippen LogP contribution in [-0.4, -0.2) is 31.0 Å². The van der Waals surface area contributed by atoms with Crippen molar-refractivity contribution < 1.29 is 22.6 Å². The van der Waals surface area contributed by atoms with Gasteiger partial charge in [-0.05, 0) is 25.0 Å². The molecule has 2 rings (SSSR count). The fourth-order valence-corrected chi connectivity index (χ4v) is 3.16. The zero-order valence-corrected chi connectivity index (χ0v) is 10.6. The number of hydrogen-bond donors (Lipinski definition) is 0. The quantitative estimate of drug-likeness (QED) is 0.621. The molecule has 0 N–H and O–H groups in total. The summed E-state index contributed by atoms with van der Waals surface area (Å²) >= 11 is 0. The van der Waals surface area contributed by atoms with Gasteiger partial charge in [0.2, 0.25) is 0 Å². The molecule has 0 unspecified atom stereocenters. The van der Waals surface area contributed by atoms with E-state index in [9.17, 15) is 22.9 Å². The highest BCUT2D eigenvalue weighted by molar-refractivity contribution is 7.89. The highest BCUT2D eigenvalue weighted by Gasteiger charge is 2.33. The predicted octanol–water partition coefficient (Wildman–Crippen LogP) is 1.45. The van der Waals surface area contributed by atoms with Crippen molar-refractivity contribution in [2.45, 2.75) is 17.7 Å². The van der Waals surface area contributed by atoms with Crippen LogP contribution in [0.25, 0.3) is 0 Å². The number of hydroxylamine groups is 1. The molecule has 1 aromatic rings. The molecule has 0 saturated carbocycles. The number of sulfonamides is 1. The summed E-state index contributed by atoms with van der Waals surface area (Å²) in [6.45, 7) is 0.352. The van der Waals surface area contributed by atoms with Gasteiger partial charge in [-0.2, -0.15) is 0 Å². The van der Waals surface area contributed by atoms with Crippen LogP contribution in [0.1, 0.15) is 12.8 Å². The fraction of sp³-hybridized carbons (Fsp3) is 0.400. The van der Waals surface area contributed by atoms with Crippen LogP contribution in [0.15, 0.2) is 23.1 Å². The fourth-order valence-electron chi connectivity index (χ4n) is 1.72. The van der Waals surface area contributed by atoms with Crippen LogP contribution in [-0.2, 0) is 14.9 Å². The van der Waals surface area contributed by atoms with Crippen molar-refractivity contribution in [1.29, 1.82) is 0 Å². The molecule has 0 spiro atoms. The smallest absolute Gasteiger partial charge is 0.284 e. The molecule has 104 valence electrons. The van der Waals surface area contributed by atoms with Gasteiger partial charge >= 0.3 is 0 Å². The van der Waals surface area contributed by atoms with E-state index in [4.69, 9.17) is 4.84 Å². The number of benzene rings is 1. The van der Waals surface area contributed by atoms with Crippen molar-refractivity contribution in [3.05, 3.63) is 34.1 Å². The monoisotopic (exact) mass is 290 g/mol. The summed E-state index contributed by atoms with van der Waals surface area (Å²) in [6.07, 6.45) is 1.33. The Labute approximate surface area is 108 Å². The Hall–Kier alpha value is -1.58. The average Bonchev–Trinajstić information content (AvgIpc) is 2.39. The van der Waals surface area contributed by atoms with E-state index in [0.717, 1.165) is 23.0 Å². The molecule has 1 aliphatic rings. The van der Waals surface area contributed by atoms with Gasteiger partial charge in [0.25, 0.3) is 15.7 Å². The van der Waals surface area contributed by atoms with Crippen molar-refractivity contribution in [2.24, 2.45) is 0 Å². The minimum absolute atomic E-state index is 0.122. The first-order chi connectivity index (χ1) is 8.93. The summed E-state index contributed by atoms with van der Waals surface area (Å²) in [4.78, 5) is 14.3. The van der Waals surface area contributed by atoms with Gasteiger partial charge in [-0.3, -0.25) is 15.0 Å². The average molecular weight is 290 g/mol. The maximum absolute atomic E-state index is 13.0. The number of nitro groups is 1. The SMILES string of the molecule is O=[N+]([O-])c1cc(F)ccc1S(=O)(=O)N1CCCCO1. The molecule has 1 aromatic carbocycles. The van der Waals surface area contributed by atoms with E-state index in [1.54, 1.807) is 0 Å². The molecule has 0 atom stereocenters. The summed E-state index contributed by atoms with van der Waals surface area (Å²) in [5.74, 6) is -0.870. The maximum Gasteiger partial charge on any atom is 0.292 e. The third-order valence-electron chi connectivity index (χ3n) is 2.63. The lowest BCUT2D eigenvalue weighted by Gasteiger charge is -2.24. The van der Waals surface area contributed by atoms with E-state index < -0.39 is 31.3 Å². The molecule has 0 bridgehead atoms. The molecule has 1 aliphatic heterocycles. The second-order valence-electron chi connectivity index (χ2n) is 3.94. The normalized spacial score (nSPS) is 17.3. The van der Waals surface area contributed by atoms with Gasteiger partial charge in [0.15, 0.2) is 4.90 Å². The van der Waals surface area contributed by atoms with Gasteiger partial charge < -0.3 is 0 Å². The third-order valence-corrected chi connectivity index (χ3v) is 4.36. The van der Waals surface area contributed by atoms with Gasteiger partial charge in [0, 0.05) is 6.54 Å². The minimum atomic E-state index is -4.15. The molecule has 0 amide bonds. The second kappa shape index (κ2) is 5.19. The van der Waals surface area contributed by atoms with Crippen LogP contribution in [0.2, 0.25) is 0 Å². The van der Waals surface area contributed by atoms with E-state index in [2.05, 4.69) is 0 Å². The van der Waals surface area contributed by atoms with Crippen molar-refractivity contribution in [2.75, 3.05) is 13.2 Å². The standard InChI is InChI=1S/C10H11FN2O5S/c11-8-3-4-10(9(7-8)13(14)15)19(16,17)12-5-1-2-6-18-12/h3-4,7H,1-2,5-6H2. The molecule has 0 aliphatic carbocycles. The lowest BCUT2D eigenvalue weighted by molar-refractivity contribution is -0.388.